The number of carboxylic acid groups (broad SMARTS) is 1. The molecule has 0 aromatic carbocycles. The first-order chi connectivity index (χ1) is 5.13. The number of halogens is 1. The minimum absolute atomic E-state index is 0.539. The van der Waals surface area contributed by atoms with E-state index in [1.54, 1.807) is 0 Å². The number of carbonyl (C=O) groups is 1. The maximum absolute atomic E-state index is 12.7. The van der Waals surface area contributed by atoms with E-state index in [-0.39, 0.29) is 0 Å². The first kappa shape index (κ1) is 10.1. The molecule has 0 aliphatic heterocycles. The smallest absolute Gasteiger partial charge is 0.338 e. The van der Waals surface area contributed by atoms with Crippen molar-refractivity contribution in [2.45, 2.75) is 25.9 Å². The van der Waals surface area contributed by atoms with Crippen LogP contribution in [0.1, 0.15) is 19.8 Å². The summed E-state index contributed by atoms with van der Waals surface area (Å²) in [4.78, 5) is 10.2. The van der Waals surface area contributed by atoms with Gasteiger partial charge in [0.1, 0.15) is 0 Å². The van der Waals surface area contributed by atoms with Crippen molar-refractivity contribution in [2.24, 2.45) is 5.92 Å². The van der Waals surface area contributed by atoms with E-state index in [0.717, 1.165) is 6.42 Å². The number of allylic oxidation sites excluding steroid dienone is 1. The molecule has 0 aliphatic rings. The highest BCUT2D eigenvalue weighted by atomic mass is 19.1. The number of aliphatic carboxylic acids is 1. The van der Waals surface area contributed by atoms with Crippen LogP contribution in [0.4, 0.5) is 4.39 Å². The van der Waals surface area contributed by atoms with Crippen LogP contribution in [0.25, 0.3) is 0 Å². The molecule has 0 heterocycles. The van der Waals surface area contributed by atoms with Crippen molar-refractivity contribution in [1.29, 1.82) is 0 Å². The molecule has 3 heteroatoms. The predicted molar refractivity (Wildman–Crippen MR) is 41.1 cm³/mol. The van der Waals surface area contributed by atoms with Gasteiger partial charge in [-0.05, 0) is 6.42 Å². The molecule has 1 N–H and O–H groups in total. The van der Waals surface area contributed by atoms with Gasteiger partial charge in [0.15, 0.2) is 0 Å². The summed E-state index contributed by atoms with van der Waals surface area (Å²) in [6.45, 7) is 5.26. The first-order valence-electron chi connectivity index (χ1n) is 3.62. The van der Waals surface area contributed by atoms with Crippen molar-refractivity contribution in [3.63, 3.8) is 0 Å². The van der Waals surface area contributed by atoms with Crippen LogP contribution in [-0.2, 0) is 4.79 Å². The second kappa shape index (κ2) is 4.88. The topological polar surface area (TPSA) is 37.3 Å². The Morgan fingerprint density at radius 3 is 2.64 bits per heavy atom. The normalized spacial score (nSPS) is 15.5. The minimum Gasteiger partial charge on any atom is -0.479 e. The van der Waals surface area contributed by atoms with E-state index in [1.807, 2.05) is 6.92 Å². The third kappa shape index (κ3) is 3.16. The number of carboxylic acids is 1. The Hall–Kier alpha value is -0.860. The van der Waals surface area contributed by atoms with Crippen molar-refractivity contribution in [3.05, 3.63) is 12.7 Å². The Kier molecular flexibility index (Phi) is 4.50. The van der Waals surface area contributed by atoms with Gasteiger partial charge in [-0.25, -0.2) is 9.18 Å². The van der Waals surface area contributed by atoms with Crippen LogP contribution in [0, 0.1) is 5.92 Å². The monoisotopic (exact) mass is 160 g/mol. The summed E-state index contributed by atoms with van der Waals surface area (Å²) in [7, 11) is 0. The lowest BCUT2D eigenvalue weighted by molar-refractivity contribution is -0.144. The summed E-state index contributed by atoms with van der Waals surface area (Å²) in [5, 5.41) is 8.29. The zero-order chi connectivity index (χ0) is 8.85. The van der Waals surface area contributed by atoms with Gasteiger partial charge in [-0.3, -0.25) is 0 Å². The van der Waals surface area contributed by atoms with E-state index in [0.29, 0.717) is 6.42 Å². The molecular formula is C8H13FO2. The SMILES string of the molecule is C=CC(CCC)C(F)C(=O)O. The van der Waals surface area contributed by atoms with Crippen molar-refractivity contribution in [3.8, 4) is 0 Å². The zero-order valence-corrected chi connectivity index (χ0v) is 6.59. The van der Waals surface area contributed by atoms with E-state index in [1.165, 1.54) is 6.08 Å². The van der Waals surface area contributed by atoms with E-state index in [9.17, 15) is 9.18 Å². The van der Waals surface area contributed by atoms with Crippen molar-refractivity contribution in [1.82, 2.24) is 0 Å². The Bertz CT molecular complexity index is 145. The van der Waals surface area contributed by atoms with Crippen LogP contribution in [0.2, 0.25) is 0 Å². The van der Waals surface area contributed by atoms with Gasteiger partial charge in [0.2, 0.25) is 6.17 Å². The highest BCUT2D eigenvalue weighted by molar-refractivity contribution is 5.72. The maximum atomic E-state index is 12.7. The predicted octanol–water partition coefficient (Wildman–Crippen LogP) is 2.01. The first-order valence-corrected chi connectivity index (χ1v) is 3.62. The summed E-state index contributed by atoms with van der Waals surface area (Å²) in [5.74, 6) is -1.94. The van der Waals surface area contributed by atoms with Gasteiger partial charge >= 0.3 is 5.97 Å². The van der Waals surface area contributed by atoms with E-state index in [2.05, 4.69) is 6.58 Å². The van der Waals surface area contributed by atoms with Crippen LogP contribution < -0.4 is 0 Å². The molecule has 0 amide bonds. The van der Waals surface area contributed by atoms with Crippen molar-refractivity contribution < 1.29 is 14.3 Å². The van der Waals surface area contributed by atoms with Crippen LogP contribution in [0.5, 0.6) is 0 Å². The summed E-state index contributed by atoms with van der Waals surface area (Å²) in [5.41, 5.74) is 0. The Balaban J connectivity index is 4.01. The molecule has 2 atom stereocenters. The fraction of sp³-hybridized carbons (Fsp3) is 0.625. The van der Waals surface area contributed by atoms with Crippen molar-refractivity contribution in [2.75, 3.05) is 0 Å². The second-order valence-electron chi connectivity index (χ2n) is 2.43. The van der Waals surface area contributed by atoms with Gasteiger partial charge in [-0.2, -0.15) is 0 Å². The molecule has 64 valence electrons. The second-order valence-corrected chi connectivity index (χ2v) is 2.43. The van der Waals surface area contributed by atoms with Crippen LogP contribution in [-0.4, -0.2) is 17.2 Å². The van der Waals surface area contributed by atoms with Gasteiger partial charge in [0.25, 0.3) is 0 Å². The van der Waals surface area contributed by atoms with Gasteiger partial charge in [0, 0.05) is 5.92 Å². The molecule has 0 radical (unpaired) electrons. The molecule has 2 nitrogen and oxygen atoms in total. The largest absolute Gasteiger partial charge is 0.479 e. The summed E-state index contributed by atoms with van der Waals surface area (Å²) in [6, 6.07) is 0. The lowest BCUT2D eigenvalue weighted by Crippen LogP contribution is -2.23. The lowest BCUT2D eigenvalue weighted by Gasteiger charge is -2.11. The molecule has 0 saturated heterocycles. The lowest BCUT2D eigenvalue weighted by atomic mass is 9.98. The van der Waals surface area contributed by atoms with Crippen LogP contribution in [0.3, 0.4) is 0 Å². The molecule has 0 saturated carbocycles. The molecule has 0 aromatic heterocycles. The van der Waals surface area contributed by atoms with E-state index >= 15 is 0 Å². The molecule has 2 unspecified atom stereocenters. The summed E-state index contributed by atoms with van der Waals surface area (Å²) < 4.78 is 12.7. The Morgan fingerprint density at radius 2 is 2.36 bits per heavy atom. The van der Waals surface area contributed by atoms with Gasteiger partial charge < -0.3 is 5.11 Å². The van der Waals surface area contributed by atoms with Crippen molar-refractivity contribution >= 4 is 5.97 Å². The molecule has 0 fully saturated rings. The Labute approximate surface area is 65.7 Å². The minimum atomic E-state index is -1.80. The quantitative estimate of drug-likeness (QED) is 0.624. The maximum Gasteiger partial charge on any atom is 0.338 e. The average molecular weight is 160 g/mol. The number of alkyl halides is 1. The van der Waals surface area contributed by atoms with Crippen LogP contribution in [0.15, 0.2) is 12.7 Å². The third-order valence-corrected chi connectivity index (χ3v) is 1.54. The highest BCUT2D eigenvalue weighted by Gasteiger charge is 2.23. The van der Waals surface area contributed by atoms with Crippen LogP contribution >= 0.6 is 0 Å². The van der Waals surface area contributed by atoms with E-state index < -0.39 is 18.1 Å². The summed E-state index contributed by atoms with van der Waals surface area (Å²) >= 11 is 0. The zero-order valence-electron chi connectivity index (χ0n) is 6.59. The highest BCUT2D eigenvalue weighted by Crippen LogP contribution is 2.15. The molecular weight excluding hydrogens is 147 g/mol. The van der Waals surface area contributed by atoms with Gasteiger partial charge in [-0.15, -0.1) is 6.58 Å². The standard InChI is InChI=1S/C8H13FO2/c1-3-5-6(4-2)7(9)8(10)11/h4,6-7H,2-3,5H2,1H3,(H,10,11). The van der Waals surface area contributed by atoms with Gasteiger partial charge in [0.05, 0.1) is 0 Å². The summed E-state index contributed by atoms with van der Waals surface area (Å²) in [6.07, 6.45) is 0.872. The fourth-order valence-electron chi connectivity index (χ4n) is 0.900. The molecule has 0 aliphatic carbocycles. The third-order valence-electron chi connectivity index (χ3n) is 1.54. The molecule has 0 aromatic rings. The fourth-order valence-corrected chi connectivity index (χ4v) is 0.900. The number of hydrogen-bond donors (Lipinski definition) is 1. The molecule has 0 bridgehead atoms. The average Bonchev–Trinajstić information content (AvgIpc) is 1.98. The number of hydrogen-bond acceptors (Lipinski definition) is 1. The number of rotatable bonds is 5. The van der Waals surface area contributed by atoms with Gasteiger partial charge in [-0.1, -0.05) is 19.4 Å². The Morgan fingerprint density at radius 1 is 1.82 bits per heavy atom. The molecule has 0 spiro atoms. The molecule has 11 heavy (non-hydrogen) atoms. The van der Waals surface area contributed by atoms with E-state index in [4.69, 9.17) is 5.11 Å². The molecule has 0 rings (SSSR count).